The smallest absolute Gasteiger partial charge is 0.306 e. The van der Waals surface area contributed by atoms with Crippen molar-refractivity contribution in [2.75, 3.05) is 13.1 Å². The monoisotopic (exact) mass is 732 g/mol. The molecular weight excluding hydrogens is 684 g/mol. The van der Waals surface area contributed by atoms with Crippen molar-refractivity contribution in [2.24, 2.45) is 11.8 Å². The molecule has 0 spiro atoms. The molecule has 0 bridgehead atoms. The van der Waals surface area contributed by atoms with Crippen molar-refractivity contribution in [1.29, 1.82) is 0 Å². The Bertz CT molecular complexity index is 2050. The van der Waals surface area contributed by atoms with Crippen LogP contribution in [0.5, 0.6) is 0 Å². The van der Waals surface area contributed by atoms with Crippen LogP contribution in [0.3, 0.4) is 0 Å². The molecule has 1 unspecified atom stereocenters. The summed E-state index contributed by atoms with van der Waals surface area (Å²) in [7, 11) is 0. The van der Waals surface area contributed by atoms with Gasteiger partial charge in [0.2, 0.25) is 11.8 Å². The number of aliphatic carboxylic acids is 2. The molecule has 6 saturated carbocycles. The first-order chi connectivity index (χ1) is 26.3. The van der Waals surface area contributed by atoms with Crippen LogP contribution in [0, 0.1) is 11.8 Å². The molecule has 2 aromatic carbocycles. The van der Waals surface area contributed by atoms with Gasteiger partial charge < -0.3 is 29.9 Å². The van der Waals surface area contributed by atoms with Crippen LogP contribution in [-0.4, -0.2) is 67.6 Å². The zero-order chi connectivity index (χ0) is 36.6. The summed E-state index contributed by atoms with van der Waals surface area (Å²) in [4.78, 5) is 32.2. The maximum Gasteiger partial charge on any atom is 0.306 e. The van der Waals surface area contributed by atoms with Crippen molar-refractivity contribution >= 4 is 11.9 Å². The Kier molecular flexibility index (Phi) is 8.28. The number of nitrogens with zero attached hydrogens (tertiary/aromatic N) is 4. The normalized spacial score (nSPS) is 31.3. The van der Waals surface area contributed by atoms with Crippen LogP contribution < -0.4 is 10.6 Å². The van der Waals surface area contributed by atoms with E-state index in [2.05, 4.69) is 69.5 Å². The van der Waals surface area contributed by atoms with Crippen LogP contribution in [0.1, 0.15) is 135 Å². The van der Waals surface area contributed by atoms with Crippen molar-refractivity contribution in [3.63, 3.8) is 0 Å². The number of aromatic nitrogens is 4. The van der Waals surface area contributed by atoms with Crippen molar-refractivity contribution in [1.82, 2.24) is 30.9 Å². The van der Waals surface area contributed by atoms with Gasteiger partial charge in [-0.15, -0.1) is 0 Å². The quantitative estimate of drug-likeness (QED) is 0.106. The van der Waals surface area contributed by atoms with E-state index in [4.69, 9.17) is 19.0 Å². The minimum Gasteiger partial charge on any atom is -0.481 e. The van der Waals surface area contributed by atoms with Crippen LogP contribution in [0.15, 0.2) is 57.6 Å². The number of carboxylic acids is 2. The second-order valence-corrected chi connectivity index (χ2v) is 17.4. The summed E-state index contributed by atoms with van der Waals surface area (Å²) in [6.45, 7) is 1.67. The molecule has 2 heterocycles. The third kappa shape index (κ3) is 6.44. The van der Waals surface area contributed by atoms with E-state index in [9.17, 15) is 19.8 Å². The van der Waals surface area contributed by atoms with Crippen LogP contribution in [0.2, 0.25) is 0 Å². The molecule has 10 rings (SSSR count). The lowest BCUT2D eigenvalue weighted by atomic mass is 9.75. The Morgan fingerprint density at radius 1 is 0.685 bits per heavy atom. The Balaban J connectivity index is 0.736. The maximum atomic E-state index is 11.4. The first-order valence-electron chi connectivity index (χ1n) is 20.1. The van der Waals surface area contributed by atoms with E-state index in [0.29, 0.717) is 61.4 Å². The van der Waals surface area contributed by atoms with Crippen LogP contribution in [0.25, 0.3) is 11.1 Å². The van der Waals surface area contributed by atoms with E-state index in [1.807, 2.05) is 0 Å². The van der Waals surface area contributed by atoms with Crippen molar-refractivity contribution in [3.05, 3.63) is 83.1 Å². The lowest BCUT2D eigenvalue weighted by Crippen LogP contribution is -2.31. The van der Waals surface area contributed by atoms with Gasteiger partial charge in [0, 0.05) is 59.7 Å². The number of hydrogen-bond donors (Lipinski definition) is 4. The van der Waals surface area contributed by atoms with Crippen molar-refractivity contribution < 1.29 is 28.8 Å². The largest absolute Gasteiger partial charge is 0.481 e. The van der Waals surface area contributed by atoms with E-state index >= 15 is 0 Å². The predicted molar refractivity (Wildman–Crippen MR) is 196 cm³/mol. The highest BCUT2D eigenvalue weighted by molar-refractivity contribution is 5.72. The van der Waals surface area contributed by atoms with Gasteiger partial charge in [-0.3, -0.25) is 9.59 Å². The molecule has 0 aliphatic heterocycles. The third-order valence-corrected chi connectivity index (χ3v) is 13.8. The summed E-state index contributed by atoms with van der Waals surface area (Å²) in [6, 6.07) is 18.8. The van der Waals surface area contributed by atoms with Gasteiger partial charge in [0.25, 0.3) is 0 Å². The van der Waals surface area contributed by atoms with E-state index in [1.165, 1.54) is 22.3 Å². The molecule has 4 atom stereocenters. The fourth-order valence-electron chi connectivity index (χ4n) is 9.33. The molecule has 6 aliphatic carbocycles. The zero-order valence-corrected chi connectivity index (χ0v) is 30.5. The molecule has 12 nitrogen and oxygen atoms in total. The summed E-state index contributed by atoms with van der Waals surface area (Å²) in [5, 5.41) is 35.0. The molecule has 282 valence electrons. The third-order valence-electron chi connectivity index (χ3n) is 13.8. The molecule has 4 aromatic rings. The minimum atomic E-state index is -0.738. The zero-order valence-electron chi connectivity index (χ0n) is 30.5. The summed E-state index contributed by atoms with van der Waals surface area (Å²) in [6.07, 6.45) is 10.5. The highest BCUT2D eigenvalue weighted by atomic mass is 16.5. The molecule has 2 aromatic heterocycles. The van der Waals surface area contributed by atoms with Gasteiger partial charge in [0.05, 0.1) is 11.8 Å². The Morgan fingerprint density at radius 3 is 1.91 bits per heavy atom. The van der Waals surface area contributed by atoms with E-state index in [-0.39, 0.29) is 34.5 Å². The topological polar surface area (TPSA) is 176 Å². The fraction of sp³-hybridized carbons (Fsp3) is 0.571. The molecule has 12 heteroatoms. The number of carbonyl (C=O) groups is 2. The van der Waals surface area contributed by atoms with E-state index in [1.54, 1.807) is 0 Å². The summed E-state index contributed by atoms with van der Waals surface area (Å²) in [5.74, 6) is 2.07. The van der Waals surface area contributed by atoms with E-state index < -0.39 is 11.9 Å². The molecule has 4 N–H and O–H groups in total. The fourth-order valence-corrected chi connectivity index (χ4v) is 9.33. The molecular formula is C42H48N6O6. The molecule has 0 saturated heterocycles. The average Bonchev–Trinajstić information content (AvgIpc) is 4.06. The molecule has 0 amide bonds. The van der Waals surface area contributed by atoms with Crippen molar-refractivity contribution in [2.45, 2.75) is 124 Å². The van der Waals surface area contributed by atoms with Gasteiger partial charge >= 0.3 is 11.9 Å². The Morgan fingerprint density at radius 2 is 1.28 bits per heavy atom. The highest BCUT2D eigenvalue weighted by Crippen LogP contribution is 2.52. The lowest BCUT2D eigenvalue weighted by molar-refractivity contribution is -0.145. The van der Waals surface area contributed by atoms with Crippen molar-refractivity contribution in [3.8, 4) is 11.1 Å². The predicted octanol–water partition coefficient (Wildman–Crippen LogP) is 6.41. The number of rotatable bonds is 15. The summed E-state index contributed by atoms with van der Waals surface area (Å²) in [5.41, 5.74) is 5.22. The molecule has 6 aliphatic rings. The SMILES string of the molecule is O=C(O)C1CCC(c2nc(C3(CN[C@H]4CC4c4cccc(-c5ccccc5[C@H]5C[C@@H]5NCC5(c6noc(C7CC(C(=O)O)C7)n6)CC5)c4)CC3)no2)CC1. The van der Waals surface area contributed by atoms with Gasteiger partial charge in [-0.1, -0.05) is 58.8 Å². The maximum absolute atomic E-state index is 11.4. The summed E-state index contributed by atoms with van der Waals surface area (Å²) >= 11 is 0. The van der Waals surface area contributed by atoms with Gasteiger partial charge in [-0.05, 0) is 99.3 Å². The molecule has 54 heavy (non-hydrogen) atoms. The number of nitrogens with one attached hydrogen (secondary N) is 2. The second kappa shape index (κ2) is 13.1. The number of hydrogen-bond acceptors (Lipinski definition) is 10. The average molecular weight is 733 g/mol. The number of carboxylic acid groups (broad SMARTS) is 2. The van der Waals surface area contributed by atoms with Gasteiger partial charge in [0.15, 0.2) is 11.6 Å². The van der Waals surface area contributed by atoms with Gasteiger partial charge in [-0.25, -0.2) is 0 Å². The van der Waals surface area contributed by atoms with Crippen LogP contribution >= 0.6 is 0 Å². The van der Waals surface area contributed by atoms with Crippen LogP contribution in [0.4, 0.5) is 0 Å². The number of benzene rings is 2. The van der Waals surface area contributed by atoms with E-state index in [0.717, 1.165) is 76.1 Å². The molecule has 0 radical (unpaired) electrons. The van der Waals surface area contributed by atoms with Crippen LogP contribution in [-0.2, 0) is 20.4 Å². The lowest BCUT2D eigenvalue weighted by Gasteiger charge is -2.28. The highest BCUT2D eigenvalue weighted by Gasteiger charge is 2.52. The molecule has 6 fully saturated rings. The first-order valence-corrected chi connectivity index (χ1v) is 20.1. The summed E-state index contributed by atoms with van der Waals surface area (Å²) < 4.78 is 11.3. The van der Waals surface area contributed by atoms with Gasteiger partial charge in [-0.2, -0.15) is 9.97 Å². The first kappa shape index (κ1) is 34.1. The Labute approximate surface area is 313 Å². The second-order valence-electron chi connectivity index (χ2n) is 17.4. The standard InChI is InChI=1S/C42H48N6O6/c49-37(50)24-10-8-23(9-11-24)35-45-39(47-53-35)41(12-13-41)21-43-33-19-31(33)26-5-3-4-25(16-26)29-6-1-2-7-30(29)32-20-34(32)44-22-42(14-15-42)40-46-36(54-48-40)27-17-28(18-27)38(51)52/h1-7,16,23-24,27-28,31-34,43-44H,8-15,17-22H2,(H,49,50)(H,51,52)/t23?,24?,27?,28?,31?,32-,33+,34+/m1/s1. The van der Waals surface area contributed by atoms with Gasteiger partial charge in [0.1, 0.15) is 0 Å². The Hall–Kier alpha value is -4.42. The minimum absolute atomic E-state index is 0.0556.